The standard InChI is InChI=1S/C21H22N2O7/c1-4-28-21(27)15-7-12(2)23(13(15)3)9-20(26)30-10-17(24)14-5-6-18-16(8-14)22-19(25)11-29-18/h5-8H,4,9-11H2,1-3H3,(H,22,25). The lowest BCUT2D eigenvalue weighted by Gasteiger charge is -2.18. The number of benzene rings is 1. The van der Waals surface area contributed by atoms with Crippen LogP contribution in [0.4, 0.5) is 5.69 Å². The van der Waals surface area contributed by atoms with Gasteiger partial charge in [-0.2, -0.15) is 0 Å². The molecule has 1 aromatic carbocycles. The normalized spacial score (nSPS) is 12.4. The molecule has 0 saturated heterocycles. The molecule has 9 heteroatoms. The van der Waals surface area contributed by atoms with Gasteiger partial charge in [0.15, 0.2) is 19.0 Å². The van der Waals surface area contributed by atoms with E-state index >= 15 is 0 Å². The van der Waals surface area contributed by atoms with Gasteiger partial charge in [0.25, 0.3) is 5.91 Å². The maximum Gasteiger partial charge on any atom is 0.339 e. The molecular formula is C21H22N2O7. The van der Waals surface area contributed by atoms with Crippen molar-refractivity contribution >= 4 is 29.3 Å². The van der Waals surface area contributed by atoms with Crippen LogP contribution < -0.4 is 10.1 Å². The number of nitrogens with one attached hydrogen (secondary N) is 1. The number of ketones is 1. The van der Waals surface area contributed by atoms with Crippen molar-refractivity contribution in [3.63, 3.8) is 0 Å². The molecule has 1 N–H and O–H groups in total. The third kappa shape index (κ3) is 4.51. The van der Waals surface area contributed by atoms with Gasteiger partial charge < -0.3 is 24.1 Å². The zero-order valence-electron chi connectivity index (χ0n) is 16.9. The molecule has 1 amide bonds. The summed E-state index contributed by atoms with van der Waals surface area (Å²) in [5.41, 5.74) is 2.35. The molecule has 0 spiro atoms. The number of esters is 2. The molecule has 0 radical (unpaired) electrons. The van der Waals surface area contributed by atoms with Gasteiger partial charge in [-0.3, -0.25) is 14.4 Å². The van der Waals surface area contributed by atoms with Crippen LogP contribution in [-0.2, 0) is 25.6 Å². The Kier molecular flexibility index (Phi) is 6.20. The van der Waals surface area contributed by atoms with Crippen molar-refractivity contribution in [2.24, 2.45) is 0 Å². The molecule has 2 heterocycles. The Balaban J connectivity index is 1.61. The zero-order valence-corrected chi connectivity index (χ0v) is 16.9. The highest BCUT2D eigenvalue weighted by molar-refractivity contribution is 6.01. The largest absolute Gasteiger partial charge is 0.482 e. The maximum atomic E-state index is 12.4. The van der Waals surface area contributed by atoms with E-state index in [4.69, 9.17) is 14.2 Å². The highest BCUT2D eigenvalue weighted by Gasteiger charge is 2.20. The van der Waals surface area contributed by atoms with Crippen molar-refractivity contribution in [1.82, 2.24) is 4.57 Å². The average Bonchev–Trinajstić information content (AvgIpc) is 3.00. The summed E-state index contributed by atoms with van der Waals surface area (Å²) in [6, 6.07) is 6.25. The minimum absolute atomic E-state index is 0.0754. The summed E-state index contributed by atoms with van der Waals surface area (Å²) < 4.78 is 17.0. The first-order valence-electron chi connectivity index (χ1n) is 9.39. The quantitative estimate of drug-likeness (QED) is 0.545. The van der Waals surface area contributed by atoms with E-state index in [9.17, 15) is 19.2 Å². The molecule has 0 unspecified atom stereocenters. The number of aryl methyl sites for hydroxylation is 1. The Hall–Kier alpha value is -3.62. The van der Waals surface area contributed by atoms with Gasteiger partial charge >= 0.3 is 11.9 Å². The van der Waals surface area contributed by atoms with Crippen LogP contribution in [0.1, 0.15) is 39.0 Å². The first-order valence-corrected chi connectivity index (χ1v) is 9.39. The lowest BCUT2D eigenvalue weighted by atomic mass is 10.1. The first-order chi connectivity index (χ1) is 14.3. The Morgan fingerprint density at radius 3 is 2.67 bits per heavy atom. The Morgan fingerprint density at radius 1 is 1.17 bits per heavy atom. The van der Waals surface area contributed by atoms with E-state index in [-0.39, 0.29) is 31.2 Å². The molecular weight excluding hydrogens is 392 g/mol. The van der Waals surface area contributed by atoms with Crippen LogP contribution in [-0.4, -0.2) is 48.0 Å². The summed E-state index contributed by atoms with van der Waals surface area (Å²) in [6.07, 6.45) is 0. The molecule has 1 aliphatic rings. The van der Waals surface area contributed by atoms with E-state index in [0.29, 0.717) is 28.4 Å². The van der Waals surface area contributed by atoms with Crippen LogP contribution >= 0.6 is 0 Å². The Labute approximate surface area is 172 Å². The number of hydrogen-bond donors (Lipinski definition) is 1. The maximum absolute atomic E-state index is 12.4. The van der Waals surface area contributed by atoms with E-state index in [1.54, 1.807) is 43.5 Å². The van der Waals surface area contributed by atoms with Gasteiger partial charge in [-0.25, -0.2) is 4.79 Å². The molecule has 2 aromatic rings. The van der Waals surface area contributed by atoms with Gasteiger partial charge in [-0.1, -0.05) is 0 Å². The number of anilines is 1. The average molecular weight is 414 g/mol. The molecule has 0 fully saturated rings. The SMILES string of the molecule is CCOC(=O)c1cc(C)n(CC(=O)OCC(=O)c2ccc3c(c2)NC(=O)CO3)c1C. The second-order valence-corrected chi connectivity index (χ2v) is 6.72. The number of Topliss-reactive ketones (excluding diaryl/α,β-unsaturated/α-hetero) is 1. The number of hydrogen-bond acceptors (Lipinski definition) is 7. The van der Waals surface area contributed by atoms with E-state index in [1.165, 1.54) is 6.07 Å². The van der Waals surface area contributed by atoms with Crippen LogP contribution in [0.5, 0.6) is 5.75 Å². The van der Waals surface area contributed by atoms with Crippen molar-refractivity contribution in [2.75, 3.05) is 25.1 Å². The van der Waals surface area contributed by atoms with Crippen molar-refractivity contribution < 1.29 is 33.4 Å². The molecule has 3 rings (SSSR count). The summed E-state index contributed by atoms with van der Waals surface area (Å²) in [7, 11) is 0. The van der Waals surface area contributed by atoms with Gasteiger partial charge in [-0.15, -0.1) is 0 Å². The fraction of sp³-hybridized carbons (Fsp3) is 0.333. The molecule has 0 bridgehead atoms. The third-order valence-corrected chi connectivity index (χ3v) is 4.65. The van der Waals surface area contributed by atoms with E-state index < -0.39 is 24.3 Å². The summed E-state index contributed by atoms with van der Waals surface area (Å²) in [5, 5.41) is 2.62. The highest BCUT2D eigenvalue weighted by Crippen LogP contribution is 2.28. The molecule has 1 aromatic heterocycles. The van der Waals surface area contributed by atoms with E-state index in [0.717, 1.165) is 0 Å². The van der Waals surface area contributed by atoms with Crippen LogP contribution in [0, 0.1) is 13.8 Å². The van der Waals surface area contributed by atoms with Crippen molar-refractivity contribution in [3.05, 3.63) is 46.8 Å². The number of carbonyl (C=O) groups is 4. The van der Waals surface area contributed by atoms with E-state index in [1.807, 2.05) is 0 Å². The number of carbonyl (C=O) groups excluding carboxylic acids is 4. The Morgan fingerprint density at radius 2 is 1.93 bits per heavy atom. The molecule has 158 valence electrons. The molecule has 0 aliphatic carbocycles. The molecule has 1 aliphatic heterocycles. The summed E-state index contributed by atoms with van der Waals surface area (Å²) in [4.78, 5) is 48.0. The van der Waals surface area contributed by atoms with Crippen LogP contribution in [0.25, 0.3) is 0 Å². The van der Waals surface area contributed by atoms with Gasteiger partial charge in [0, 0.05) is 17.0 Å². The minimum Gasteiger partial charge on any atom is -0.482 e. The van der Waals surface area contributed by atoms with Gasteiger partial charge in [-0.05, 0) is 45.0 Å². The third-order valence-electron chi connectivity index (χ3n) is 4.65. The first kappa shape index (κ1) is 21.1. The predicted molar refractivity (Wildman–Crippen MR) is 106 cm³/mol. The van der Waals surface area contributed by atoms with Crippen molar-refractivity contribution in [3.8, 4) is 5.75 Å². The topological polar surface area (TPSA) is 113 Å². The summed E-state index contributed by atoms with van der Waals surface area (Å²) >= 11 is 0. The van der Waals surface area contributed by atoms with E-state index in [2.05, 4.69) is 5.32 Å². The van der Waals surface area contributed by atoms with Gasteiger partial charge in [0.1, 0.15) is 12.3 Å². The van der Waals surface area contributed by atoms with Crippen LogP contribution in [0.2, 0.25) is 0 Å². The predicted octanol–water partition coefficient (Wildman–Crippen LogP) is 2.04. The lowest BCUT2D eigenvalue weighted by molar-refractivity contribution is -0.143. The van der Waals surface area contributed by atoms with Crippen molar-refractivity contribution in [1.29, 1.82) is 0 Å². The molecule has 30 heavy (non-hydrogen) atoms. The number of aromatic nitrogens is 1. The number of nitrogens with zero attached hydrogens (tertiary/aromatic N) is 1. The van der Waals surface area contributed by atoms with Crippen molar-refractivity contribution in [2.45, 2.75) is 27.3 Å². The zero-order chi connectivity index (χ0) is 21.8. The second-order valence-electron chi connectivity index (χ2n) is 6.72. The van der Waals surface area contributed by atoms with Crippen LogP contribution in [0.15, 0.2) is 24.3 Å². The second kappa shape index (κ2) is 8.81. The number of rotatable bonds is 7. The number of fused-ring (bicyclic) bond motifs is 1. The fourth-order valence-corrected chi connectivity index (χ4v) is 3.12. The van der Waals surface area contributed by atoms with Crippen LogP contribution in [0.3, 0.4) is 0 Å². The fourth-order valence-electron chi connectivity index (χ4n) is 3.12. The summed E-state index contributed by atoms with van der Waals surface area (Å²) in [5.74, 6) is -1.32. The summed E-state index contributed by atoms with van der Waals surface area (Å²) in [6.45, 7) is 4.78. The highest BCUT2D eigenvalue weighted by atomic mass is 16.5. The molecule has 0 saturated carbocycles. The number of amides is 1. The molecule has 9 nitrogen and oxygen atoms in total. The van der Waals surface area contributed by atoms with Gasteiger partial charge in [0.05, 0.1) is 17.9 Å². The number of ether oxygens (including phenoxy) is 3. The van der Waals surface area contributed by atoms with Gasteiger partial charge in [0.2, 0.25) is 0 Å². The Bertz CT molecular complexity index is 1020. The minimum atomic E-state index is -0.616. The molecule has 0 atom stereocenters. The lowest BCUT2D eigenvalue weighted by Crippen LogP contribution is -2.25. The smallest absolute Gasteiger partial charge is 0.339 e. The monoisotopic (exact) mass is 414 g/mol.